The van der Waals surface area contributed by atoms with Crippen LogP contribution in [0.3, 0.4) is 0 Å². The summed E-state index contributed by atoms with van der Waals surface area (Å²) >= 11 is 4.75. The Morgan fingerprint density at radius 2 is 1.97 bits per heavy atom. The zero-order valence-corrected chi connectivity index (χ0v) is 21.8. The number of likely N-dealkylation sites (N-methyl/N-ethyl adjacent to an activating group) is 1. The van der Waals surface area contributed by atoms with Crippen LogP contribution in [-0.2, 0) is 14.3 Å². The average molecular weight is 522 g/mol. The number of nitrogens with zero attached hydrogens (tertiary/aromatic N) is 2. The SMILES string of the molecule is CCOC(=O)CCN(C)C/C=C1/CN(C(C(=O)C2CC2)c2ccccc2F)CCC1S.Cl.Cl. The number of ether oxygens (including phenoxy) is 1. The van der Waals surface area contributed by atoms with Crippen LogP contribution in [0.1, 0.15) is 44.2 Å². The van der Waals surface area contributed by atoms with E-state index < -0.39 is 6.04 Å². The molecule has 5 nitrogen and oxygen atoms in total. The molecule has 0 radical (unpaired) electrons. The molecule has 186 valence electrons. The lowest BCUT2D eigenvalue weighted by Crippen LogP contribution is -2.43. The van der Waals surface area contributed by atoms with Crippen LogP contribution in [0.5, 0.6) is 0 Å². The second-order valence-electron chi connectivity index (χ2n) is 8.47. The molecule has 1 aromatic carbocycles. The minimum atomic E-state index is -0.542. The Balaban J connectivity index is 0.00000272. The Hall–Kier alpha value is -1.12. The minimum absolute atomic E-state index is 0. The molecule has 0 spiro atoms. The highest BCUT2D eigenvalue weighted by Crippen LogP contribution is 2.39. The van der Waals surface area contributed by atoms with Crippen LogP contribution in [0.15, 0.2) is 35.9 Å². The van der Waals surface area contributed by atoms with Gasteiger partial charge in [0.25, 0.3) is 0 Å². The standard InChI is InChI=1S/C24H33FN2O3S.2ClH/c1-3-30-22(28)12-14-26(2)13-10-18-16-27(15-11-21(18)31)23(24(29)17-8-9-17)19-6-4-5-7-20(19)25;;/h4-7,10,17,21,23,31H,3,8-9,11-16H2,1-2H3;2*1H/b18-10-;;. The van der Waals surface area contributed by atoms with Crippen molar-refractivity contribution in [3.05, 3.63) is 47.3 Å². The number of esters is 1. The summed E-state index contributed by atoms with van der Waals surface area (Å²) in [7, 11) is 1.96. The molecule has 0 amide bonds. The quantitative estimate of drug-likeness (QED) is 0.279. The predicted molar refractivity (Wildman–Crippen MR) is 137 cm³/mol. The zero-order valence-electron chi connectivity index (χ0n) is 19.2. The summed E-state index contributed by atoms with van der Waals surface area (Å²) in [5.41, 5.74) is 1.62. The van der Waals surface area contributed by atoms with Gasteiger partial charge >= 0.3 is 5.97 Å². The summed E-state index contributed by atoms with van der Waals surface area (Å²) < 4.78 is 19.6. The van der Waals surface area contributed by atoms with E-state index in [9.17, 15) is 14.0 Å². The maximum atomic E-state index is 14.6. The first-order chi connectivity index (χ1) is 14.9. The lowest BCUT2D eigenvalue weighted by molar-refractivity contribution is -0.143. The minimum Gasteiger partial charge on any atom is -0.466 e. The van der Waals surface area contributed by atoms with Crippen molar-refractivity contribution in [2.75, 3.05) is 39.8 Å². The lowest BCUT2D eigenvalue weighted by Gasteiger charge is -2.38. The van der Waals surface area contributed by atoms with Crippen LogP contribution in [0.2, 0.25) is 0 Å². The second-order valence-corrected chi connectivity index (χ2v) is 9.10. The van der Waals surface area contributed by atoms with E-state index in [-0.39, 0.29) is 53.6 Å². The van der Waals surface area contributed by atoms with Gasteiger partial charge in [-0.1, -0.05) is 24.3 Å². The summed E-state index contributed by atoms with van der Waals surface area (Å²) in [6.07, 6.45) is 5.11. The summed E-state index contributed by atoms with van der Waals surface area (Å²) in [6.45, 7) is 4.80. The van der Waals surface area contributed by atoms with E-state index >= 15 is 0 Å². The number of ketones is 1. The molecular weight excluding hydrogens is 486 g/mol. The van der Waals surface area contributed by atoms with Gasteiger partial charge in [0.05, 0.1) is 19.1 Å². The number of carbonyl (C=O) groups excluding carboxylic acids is 2. The Kier molecular flexibility index (Phi) is 13.0. The summed E-state index contributed by atoms with van der Waals surface area (Å²) in [4.78, 5) is 28.8. The fourth-order valence-electron chi connectivity index (χ4n) is 4.01. The average Bonchev–Trinajstić information content (AvgIpc) is 3.59. The van der Waals surface area contributed by atoms with Gasteiger partial charge in [-0.25, -0.2) is 4.39 Å². The van der Waals surface area contributed by atoms with Crippen molar-refractivity contribution < 1.29 is 18.7 Å². The number of piperidine rings is 1. The highest BCUT2D eigenvalue weighted by molar-refractivity contribution is 7.81. The number of hydrogen-bond donors (Lipinski definition) is 1. The summed E-state index contributed by atoms with van der Waals surface area (Å²) in [5.74, 6) is -0.323. The second kappa shape index (κ2) is 14.3. The lowest BCUT2D eigenvalue weighted by atomic mass is 9.93. The van der Waals surface area contributed by atoms with Crippen molar-refractivity contribution in [3.63, 3.8) is 0 Å². The number of carbonyl (C=O) groups is 2. The first kappa shape index (κ1) is 29.9. The van der Waals surface area contributed by atoms with Gasteiger partial charge < -0.3 is 9.64 Å². The first-order valence-electron chi connectivity index (χ1n) is 11.1. The number of rotatable bonds is 10. The van der Waals surface area contributed by atoms with Crippen LogP contribution < -0.4 is 0 Å². The van der Waals surface area contributed by atoms with Crippen LogP contribution in [0.4, 0.5) is 4.39 Å². The number of thiol groups is 1. The van der Waals surface area contributed by atoms with E-state index in [4.69, 9.17) is 17.4 Å². The van der Waals surface area contributed by atoms with E-state index in [1.165, 1.54) is 6.07 Å². The third kappa shape index (κ3) is 8.55. The number of likely N-dealkylation sites (tertiary alicyclic amines) is 1. The van der Waals surface area contributed by atoms with Crippen molar-refractivity contribution >= 4 is 49.2 Å². The van der Waals surface area contributed by atoms with Crippen molar-refractivity contribution in [2.45, 2.75) is 43.9 Å². The monoisotopic (exact) mass is 520 g/mol. The molecule has 9 heteroatoms. The first-order valence-corrected chi connectivity index (χ1v) is 11.7. The third-order valence-electron chi connectivity index (χ3n) is 5.99. The Bertz CT molecular complexity index is 823. The van der Waals surface area contributed by atoms with Crippen molar-refractivity contribution in [3.8, 4) is 0 Å². The van der Waals surface area contributed by atoms with Gasteiger partial charge in [0.1, 0.15) is 5.82 Å². The highest BCUT2D eigenvalue weighted by Gasteiger charge is 2.40. The predicted octanol–water partition coefficient (Wildman–Crippen LogP) is 4.51. The summed E-state index contributed by atoms with van der Waals surface area (Å²) in [5, 5.41) is 0.118. The molecule has 2 fully saturated rings. The molecule has 2 aliphatic rings. The molecule has 33 heavy (non-hydrogen) atoms. The molecule has 1 heterocycles. The van der Waals surface area contributed by atoms with E-state index in [0.717, 1.165) is 24.8 Å². The molecule has 1 aliphatic heterocycles. The number of Topliss-reactive ketones (excluding diaryl/α,β-unsaturated/α-hetero) is 1. The fraction of sp³-hybridized carbons (Fsp3) is 0.583. The Morgan fingerprint density at radius 1 is 1.27 bits per heavy atom. The van der Waals surface area contributed by atoms with E-state index in [0.29, 0.717) is 44.8 Å². The normalized spacial score (nSPS) is 20.6. The fourth-order valence-corrected chi connectivity index (χ4v) is 4.31. The molecule has 3 rings (SSSR count). The van der Waals surface area contributed by atoms with Crippen LogP contribution in [0, 0.1) is 11.7 Å². The van der Waals surface area contributed by atoms with E-state index in [1.54, 1.807) is 25.1 Å². The van der Waals surface area contributed by atoms with Crippen molar-refractivity contribution in [2.24, 2.45) is 5.92 Å². The van der Waals surface area contributed by atoms with Crippen molar-refractivity contribution in [1.82, 2.24) is 9.80 Å². The van der Waals surface area contributed by atoms with Gasteiger partial charge in [0.15, 0.2) is 5.78 Å². The Morgan fingerprint density at radius 3 is 2.61 bits per heavy atom. The summed E-state index contributed by atoms with van der Waals surface area (Å²) in [6, 6.07) is 6.09. The van der Waals surface area contributed by atoms with Crippen LogP contribution >= 0.6 is 37.4 Å². The maximum absolute atomic E-state index is 14.6. The van der Waals surface area contributed by atoms with E-state index in [2.05, 4.69) is 15.9 Å². The van der Waals surface area contributed by atoms with Crippen LogP contribution in [0.25, 0.3) is 0 Å². The molecule has 1 aromatic rings. The molecule has 1 saturated carbocycles. The van der Waals surface area contributed by atoms with Crippen LogP contribution in [-0.4, -0.2) is 66.6 Å². The molecule has 2 atom stereocenters. The van der Waals surface area contributed by atoms with Gasteiger partial charge in [0, 0.05) is 42.9 Å². The smallest absolute Gasteiger partial charge is 0.307 e. The van der Waals surface area contributed by atoms with Gasteiger partial charge in [-0.3, -0.25) is 14.5 Å². The molecule has 0 N–H and O–H groups in total. The molecule has 2 unspecified atom stereocenters. The third-order valence-corrected chi connectivity index (χ3v) is 6.58. The molecular formula is C24H35Cl2FN2O3S. The van der Waals surface area contributed by atoms with Gasteiger partial charge in [0.2, 0.25) is 0 Å². The molecule has 0 aromatic heterocycles. The number of halogens is 3. The molecule has 1 saturated heterocycles. The van der Waals surface area contributed by atoms with E-state index in [1.807, 2.05) is 7.05 Å². The molecule has 0 bridgehead atoms. The number of benzene rings is 1. The van der Waals surface area contributed by atoms with Crippen molar-refractivity contribution in [1.29, 1.82) is 0 Å². The van der Waals surface area contributed by atoms with Gasteiger partial charge in [-0.05, 0) is 44.9 Å². The largest absolute Gasteiger partial charge is 0.466 e. The topological polar surface area (TPSA) is 49.9 Å². The van der Waals surface area contributed by atoms with Gasteiger partial charge in [-0.2, -0.15) is 12.6 Å². The van der Waals surface area contributed by atoms with Gasteiger partial charge in [-0.15, -0.1) is 24.8 Å². The highest BCUT2D eigenvalue weighted by atomic mass is 35.5. The zero-order chi connectivity index (χ0) is 22.4. The maximum Gasteiger partial charge on any atom is 0.307 e. The number of hydrogen-bond acceptors (Lipinski definition) is 6. The molecule has 1 aliphatic carbocycles. The Labute approximate surface area is 214 Å².